The van der Waals surface area contributed by atoms with Gasteiger partial charge in [-0.25, -0.2) is 9.78 Å². The lowest BCUT2D eigenvalue weighted by Crippen LogP contribution is -2.59. The number of hydrogen-bond acceptors (Lipinski definition) is 6. The van der Waals surface area contributed by atoms with Gasteiger partial charge in [-0.2, -0.15) is 0 Å². The molecule has 1 aromatic heterocycles. The lowest BCUT2D eigenvalue weighted by Gasteiger charge is -2.57. The van der Waals surface area contributed by atoms with Crippen molar-refractivity contribution in [3.05, 3.63) is 18.3 Å². The number of anilines is 2. The van der Waals surface area contributed by atoms with Crippen LogP contribution in [0.15, 0.2) is 18.3 Å². The highest BCUT2D eigenvalue weighted by atomic mass is 16.6. The third kappa shape index (κ3) is 4.99. The molecule has 1 aromatic rings. The van der Waals surface area contributed by atoms with Gasteiger partial charge in [0.2, 0.25) is 0 Å². The predicted molar refractivity (Wildman–Crippen MR) is 118 cm³/mol. The number of rotatable bonds is 4. The molecule has 3 aliphatic rings. The molecule has 0 aromatic carbocycles. The topological polar surface area (TPSA) is 75.7 Å². The van der Waals surface area contributed by atoms with Crippen LogP contribution in [0.5, 0.6) is 0 Å². The lowest BCUT2D eigenvalue weighted by atomic mass is 9.52. The number of hydrogen-bond donors (Lipinski definition) is 2. The molecule has 1 amide bonds. The van der Waals surface area contributed by atoms with E-state index in [0.29, 0.717) is 11.5 Å². The molecule has 3 fully saturated rings. The first-order valence-electron chi connectivity index (χ1n) is 11.2. The van der Waals surface area contributed by atoms with Crippen molar-refractivity contribution in [2.45, 2.75) is 90.2 Å². The highest BCUT2D eigenvalue weighted by Crippen LogP contribution is 2.56. The van der Waals surface area contributed by atoms with E-state index in [1.54, 1.807) is 0 Å². The number of amides is 1. The Morgan fingerprint density at radius 3 is 2.33 bits per heavy atom. The van der Waals surface area contributed by atoms with E-state index >= 15 is 0 Å². The van der Waals surface area contributed by atoms with E-state index < -0.39 is 5.60 Å². The van der Waals surface area contributed by atoms with Gasteiger partial charge in [0.15, 0.2) is 0 Å². The number of nitrogens with zero attached hydrogens (tertiary/aromatic N) is 2. The van der Waals surface area contributed by atoms with Crippen molar-refractivity contribution in [2.75, 3.05) is 23.3 Å². The monoisotopic (exact) mass is 416 g/mol. The fourth-order valence-corrected chi connectivity index (χ4v) is 5.24. The number of aromatic nitrogens is 1. The van der Waals surface area contributed by atoms with Gasteiger partial charge in [0.25, 0.3) is 0 Å². The normalized spacial score (nSPS) is 33.4. The Bertz CT molecular complexity index is 737. The maximum Gasteiger partial charge on any atom is 0.407 e. The second kappa shape index (κ2) is 7.91. The summed E-state index contributed by atoms with van der Waals surface area (Å²) in [5.74, 6) is 1.02. The van der Waals surface area contributed by atoms with Gasteiger partial charge in [-0.15, -0.1) is 0 Å². The summed E-state index contributed by atoms with van der Waals surface area (Å²) < 4.78 is 11.2. The van der Waals surface area contributed by atoms with Crippen molar-refractivity contribution in [1.29, 1.82) is 0 Å². The molecule has 0 radical (unpaired) electrons. The van der Waals surface area contributed by atoms with Gasteiger partial charge in [-0.1, -0.05) is 0 Å². The van der Waals surface area contributed by atoms with Crippen LogP contribution in [0, 0.1) is 5.41 Å². The second-order valence-corrected chi connectivity index (χ2v) is 10.6. The number of nitrogens with one attached hydrogen (secondary N) is 2. The maximum absolute atomic E-state index is 11.9. The molecule has 4 rings (SSSR count). The molecule has 166 valence electrons. The van der Waals surface area contributed by atoms with Crippen molar-refractivity contribution in [3.63, 3.8) is 0 Å². The molecule has 2 aliphatic carbocycles. The van der Waals surface area contributed by atoms with Crippen LogP contribution in [-0.4, -0.2) is 54.1 Å². The summed E-state index contributed by atoms with van der Waals surface area (Å²) >= 11 is 0. The molecule has 2 atom stereocenters. The first kappa shape index (κ1) is 21.2. The smallest absolute Gasteiger partial charge is 0.407 e. The van der Waals surface area contributed by atoms with Gasteiger partial charge < -0.3 is 25.0 Å². The molecule has 2 N–H and O–H groups in total. The Morgan fingerprint density at radius 2 is 1.77 bits per heavy atom. The van der Waals surface area contributed by atoms with Crippen LogP contribution in [0.4, 0.5) is 16.3 Å². The van der Waals surface area contributed by atoms with Gasteiger partial charge in [0, 0.05) is 25.2 Å². The number of morpholine rings is 1. The molecule has 1 aliphatic heterocycles. The Kier molecular flexibility index (Phi) is 5.60. The molecular weight excluding hydrogens is 380 g/mol. The Balaban J connectivity index is 1.19. The molecule has 0 bridgehead atoms. The zero-order valence-corrected chi connectivity index (χ0v) is 18.9. The van der Waals surface area contributed by atoms with Gasteiger partial charge in [0.05, 0.1) is 24.1 Å². The lowest BCUT2D eigenvalue weighted by molar-refractivity contribution is -0.0178. The van der Waals surface area contributed by atoms with Gasteiger partial charge in [-0.05, 0) is 77.8 Å². The minimum atomic E-state index is -0.446. The van der Waals surface area contributed by atoms with Gasteiger partial charge >= 0.3 is 6.09 Å². The van der Waals surface area contributed by atoms with Crippen LogP contribution >= 0.6 is 0 Å². The summed E-state index contributed by atoms with van der Waals surface area (Å²) in [6, 6.07) is 4.97. The number of pyridine rings is 1. The van der Waals surface area contributed by atoms with E-state index in [9.17, 15) is 4.79 Å². The summed E-state index contributed by atoms with van der Waals surface area (Å²) in [5, 5.41) is 6.62. The third-order valence-electron chi connectivity index (χ3n) is 6.30. The quantitative estimate of drug-likeness (QED) is 0.774. The Morgan fingerprint density at radius 1 is 1.13 bits per heavy atom. The number of carbonyl (C=O) groups excluding carboxylic acids is 1. The van der Waals surface area contributed by atoms with Crippen LogP contribution in [0.2, 0.25) is 0 Å². The van der Waals surface area contributed by atoms with E-state index in [-0.39, 0.29) is 24.3 Å². The average Bonchev–Trinajstić information content (AvgIpc) is 2.56. The van der Waals surface area contributed by atoms with Crippen LogP contribution in [0.3, 0.4) is 0 Å². The van der Waals surface area contributed by atoms with Crippen LogP contribution < -0.4 is 15.5 Å². The molecule has 7 heteroatoms. The number of carbonyl (C=O) groups is 1. The van der Waals surface area contributed by atoms with Crippen molar-refractivity contribution in [1.82, 2.24) is 10.3 Å². The zero-order chi connectivity index (χ0) is 21.5. The summed E-state index contributed by atoms with van der Waals surface area (Å²) in [7, 11) is 0. The van der Waals surface area contributed by atoms with Crippen LogP contribution in [0.1, 0.15) is 60.3 Å². The third-order valence-corrected chi connectivity index (χ3v) is 6.30. The molecular formula is C23H36N4O3. The number of ether oxygens (including phenoxy) is 2. The molecule has 2 unspecified atom stereocenters. The van der Waals surface area contributed by atoms with E-state index in [0.717, 1.165) is 50.3 Å². The SMILES string of the molecule is CC1CN(c2ccc(NC3CC4(CC(NC(=O)OC(C)(C)C)C4)C3)cn2)CC(C)O1. The van der Waals surface area contributed by atoms with E-state index in [1.807, 2.05) is 27.0 Å². The molecule has 30 heavy (non-hydrogen) atoms. The van der Waals surface area contributed by atoms with E-state index in [4.69, 9.17) is 9.47 Å². The van der Waals surface area contributed by atoms with Crippen molar-refractivity contribution < 1.29 is 14.3 Å². The fourth-order valence-electron chi connectivity index (χ4n) is 5.24. The first-order chi connectivity index (χ1) is 14.1. The summed E-state index contributed by atoms with van der Waals surface area (Å²) in [6.45, 7) is 11.7. The second-order valence-electron chi connectivity index (χ2n) is 10.6. The summed E-state index contributed by atoms with van der Waals surface area (Å²) in [4.78, 5) is 18.9. The minimum absolute atomic E-state index is 0.232. The molecule has 2 heterocycles. The zero-order valence-electron chi connectivity index (χ0n) is 18.9. The first-order valence-corrected chi connectivity index (χ1v) is 11.2. The largest absolute Gasteiger partial charge is 0.444 e. The van der Waals surface area contributed by atoms with Crippen LogP contribution in [-0.2, 0) is 9.47 Å². The molecule has 2 saturated carbocycles. The van der Waals surface area contributed by atoms with Gasteiger partial charge in [0.1, 0.15) is 11.4 Å². The maximum atomic E-state index is 11.9. The van der Waals surface area contributed by atoms with E-state index in [1.165, 1.54) is 0 Å². The fraction of sp³-hybridized carbons (Fsp3) is 0.739. The summed E-state index contributed by atoms with van der Waals surface area (Å²) in [5.41, 5.74) is 1.03. The molecule has 7 nitrogen and oxygen atoms in total. The van der Waals surface area contributed by atoms with Crippen LogP contribution in [0.25, 0.3) is 0 Å². The van der Waals surface area contributed by atoms with Crippen molar-refractivity contribution in [3.8, 4) is 0 Å². The van der Waals surface area contributed by atoms with Crippen molar-refractivity contribution in [2.24, 2.45) is 5.41 Å². The number of alkyl carbamates (subject to hydrolysis) is 1. The highest BCUT2D eigenvalue weighted by molar-refractivity contribution is 5.68. The van der Waals surface area contributed by atoms with Crippen molar-refractivity contribution >= 4 is 17.6 Å². The van der Waals surface area contributed by atoms with E-state index in [2.05, 4.69) is 46.5 Å². The Labute approximate surface area is 179 Å². The highest BCUT2D eigenvalue weighted by Gasteiger charge is 2.53. The predicted octanol–water partition coefficient (Wildman–Crippen LogP) is 3.94. The molecule has 1 spiro atoms. The minimum Gasteiger partial charge on any atom is -0.444 e. The Hall–Kier alpha value is -2.02. The average molecular weight is 417 g/mol. The van der Waals surface area contributed by atoms with Gasteiger partial charge in [-0.3, -0.25) is 0 Å². The standard InChI is InChI=1S/C23H36N4O3/c1-15-13-27(14-16(2)29-15)20-7-6-17(12-24-20)25-18-8-23(9-18)10-19(11-23)26-21(28)30-22(3,4)5/h6-7,12,15-16,18-19,25H,8-11,13-14H2,1-5H3,(H,26,28). The molecule has 1 saturated heterocycles. The summed E-state index contributed by atoms with van der Waals surface area (Å²) in [6.07, 6.45) is 6.51.